The minimum atomic E-state index is -4.62. The Morgan fingerprint density at radius 2 is 1.74 bits per heavy atom. The highest BCUT2D eigenvalue weighted by Gasteiger charge is 2.34. The molecule has 0 saturated carbocycles. The van der Waals surface area contributed by atoms with Gasteiger partial charge in [0.25, 0.3) is 5.56 Å². The van der Waals surface area contributed by atoms with Crippen molar-refractivity contribution in [2.45, 2.75) is 46.3 Å². The van der Waals surface area contributed by atoms with Gasteiger partial charge in [-0.1, -0.05) is 6.08 Å². The number of hydrogen-bond donors (Lipinski definition) is 0. The van der Waals surface area contributed by atoms with Crippen molar-refractivity contribution < 1.29 is 17.6 Å². The Morgan fingerprint density at radius 1 is 1.03 bits per heavy atom. The minimum absolute atomic E-state index is 0.121. The van der Waals surface area contributed by atoms with Crippen molar-refractivity contribution in [3.8, 4) is 0 Å². The molecule has 0 amide bonds. The van der Waals surface area contributed by atoms with Gasteiger partial charge in [0, 0.05) is 50.6 Å². The molecular formula is C27H28F4N6O. The van der Waals surface area contributed by atoms with Crippen LogP contribution in [0.2, 0.25) is 0 Å². The number of nitrogens with zero attached hydrogens (tertiary/aromatic N) is 6. The van der Waals surface area contributed by atoms with E-state index in [2.05, 4.69) is 15.0 Å². The summed E-state index contributed by atoms with van der Waals surface area (Å²) in [5.74, 6) is -0.121. The maximum atomic E-state index is 14.6. The summed E-state index contributed by atoms with van der Waals surface area (Å²) in [7, 11) is 0. The molecule has 11 heteroatoms. The average molecular weight is 529 g/mol. The number of fused-ring (bicyclic) bond motifs is 1. The van der Waals surface area contributed by atoms with Gasteiger partial charge in [-0.3, -0.25) is 19.3 Å². The molecule has 1 fully saturated rings. The Labute approximate surface area is 217 Å². The molecule has 2 aliphatic rings. The lowest BCUT2D eigenvalue weighted by Crippen LogP contribution is -2.48. The quantitative estimate of drug-likeness (QED) is 0.449. The summed E-state index contributed by atoms with van der Waals surface area (Å²) >= 11 is 0. The van der Waals surface area contributed by atoms with E-state index in [0.717, 1.165) is 11.6 Å². The number of pyridine rings is 2. The number of anilines is 1. The number of aryl methyl sites for hydroxylation is 2. The number of aromatic nitrogens is 4. The van der Waals surface area contributed by atoms with Crippen molar-refractivity contribution in [2.75, 3.05) is 31.1 Å². The van der Waals surface area contributed by atoms with E-state index in [1.807, 2.05) is 22.8 Å². The first kappa shape index (κ1) is 25.9. The normalized spacial score (nSPS) is 16.9. The van der Waals surface area contributed by atoms with Crippen LogP contribution in [0.15, 0.2) is 52.5 Å². The summed E-state index contributed by atoms with van der Waals surface area (Å²) in [4.78, 5) is 30.8. The molecule has 1 aliphatic heterocycles. The number of rotatable bonds is 4. The van der Waals surface area contributed by atoms with Crippen molar-refractivity contribution >= 4 is 16.9 Å². The van der Waals surface area contributed by atoms with E-state index in [9.17, 15) is 22.4 Å². The predicted octanol–water partition coefficient (Wildman–Crippen LogP) is 4.91. The van der Waals surface area contributed by atoms with Crippen molar-refractivity contribution in [2.24, 2.45) is 0 Å². The molecule has 0 atom stereocenters. The lowest BCUT2D eigenvalue weighted by molar-refractivity contribution is -0.138. The van der Waals surface area contributed by atoms with Crippen LogP contribution in [-0.4, -0.2) is 50.6 Å². The van der Waals surface area contributed by atoms with Crippen LogP contribution in [0.5, 0.6) is 0 Å². The molecule has 3 aromatic heterocycles. The Kier molecular flexibility index (Phi) is 6.70. The van der Waals surface area contributed by atoms with E-state index >= 15 is 0 Å². The smallest absolute Gasteiger partial charge is 0.366 e. The lowest BCUT2D eigenvalue weighted by Gasteiger charge is -2.39. The number of allylic oxidation sites excluding steroid dienone is 3. The molecular weight excluding hydrogens is 500 g/mol. The highest BCUT2D eigenvalue weighted by atomic mass is 19.4. The van der Waals surface area contributed by atoms with Crippen molar-refractivity contribution in [1.29, 1.82) is 0 Å². The topological polar surface area (TPSA) is 67.2 Å². The SMILES string of the molecule is CC1=CCCC(F)=C1N1CCN(c2c(C)c3ncc(C)nc3n(Cc3ncccc3C(F)(F)F)c2=O)CC1. The second kappa shape index (κ2) is 9.85. The Bertz CT molecular complexity index is 1520. The molecule has 0 radical (unpaired) electrons. The summed E-state index contributed by atoms with van der Waals surface area (Å²) in [6.07, 6.45) is 1.32. The molecule has 3 aromatic rings. The third-order valence-corrected chi connectivity index (χ3v) is 7.15. The summed E-state index contributed by atoms with van der Waals surface area (Å²) in [5.41, 5.74) is 2.07. The van der Waals surface area contributed by atoms with Gasteiger partial charge in [0.1, 0.15) is 17.0 Å². The molecule has 4 heterocycles. The molecule has 0 spiro atoms. The number of alkyl halides is 3. The van der Waals surface area contributed by atoms with Gasteiger partial charge in [0.2, 0.25) is 0 Å². The zero-order chi connectivity index (χ0) is 27.2. The largest absolute Gasteiger partial charge is 0.418 e. The Hall–Kier alpha value is -3.76. The summed E-state index contributed by atoms with van der Waals surface area (Å²) < 4.78 is 57.0. The third-order valence-electron chi connectivity index (χ3n) is 7.15. The van der Waals surface area contributed by atoms with Crippen LogP contribution < -0.4 is 10.5 Å². The number of piperazine rings is 1. The second-order valence-corrected chi connectivity index (χ2v) is 9.70. The van der Waals surface area contributed by atoms with Crippen molar-refractivity contribution in [3.05, 3.63) is 80.6 Å². The first-order valence-electron chi connectivity index (χ1n) is 12.5. The van der Waals surface area contributed by atoms with Crippen molar-refractivity contribution in [1.82, 2.24) is 24.4 Å². The molecule has 1 aliphatic carbocycles. The predicted molar refractivity (Wildman–Crippen MR) is 137 cm³/mol. The molecule has 200 valence electrons. The molecule has 0 bridgehead atoms. The Morgan fingerprint density at radius 3 is 2.42 bits per heavy atom. The molecule has 38 heavy (non-hydrogen) atoms. The van der Waals surface area contributed by atoms with Gasteiger partial charge in [-0.25, -0.2) is 9.37 Å². The summed E-state index contributed by atoms with van der Waals surface area (Å²) in [5, 5.41) is 0. The zero-order valence-electron chi connectivity index (χ0n) is 21.4. The van der Waals surface area contributed by atoms with Crippen molar-refractivity contribution in [3.63, 3.8) is 0 Å². The molecule has 0 aromatic carbocycles. The fraction of sp³-hybridized carbons (Fsp3) is 0.407. The van der Waals surface area contributed by atoms with Gasteiger partial charge >= 0.3 is 6.18 Å². The Balaban J connectivity index is 1.56. The molecule has 0 unspecified atom stereocenters. The van der Waals surface area contributed by atoms with E-state index in [-0.39, 0.29) is 17.2 Å². The first-order chi connectivity index (χ1) is 18.1. The lowest BCUT2D eigenvalue weighted by atomic mass is 10.0. The third kappa shape index (κ3) is 4.65. The van der Waals surface area contributed by atoms with Crippen LogP contribution in [0.4, 0.5) is 23.2 Å². The van der Waals surface area contributed by atoms with E-state index in [1.165, 1.54) is 16.8 Å². The molecule has 1 saturated heterocycles. The maximum absolute atomic E-state index is 14.6. The molecule has 7 nitrogen and oxygen atoms in total. The van der Waals surface area contributed by atoms with Gasteiger partial charge in [-0.05, 0) is 44.9 Å². The van der Waals surface area contributed by atoms with E-state index in [1.54, 1.807) is 20.0 Å². The fourth-order valence-corrected chi connectivity index (χ4v) is 5.32. The standard InChI is InChI=1S/C27H28F4N6O/c1-16-6-4-8-20(28)23(16)35-10-12-36(13-11-35)24-18(3)22-25(34-17(2)14-33-22)37(26(24)38)15-21-19(27(29,30)31)7-5-9-32-21/h5-7,9,14H,4,8,10-13,15H2,1-3H3. The number of halogens is 4. The molecule has 5 rings (SSSR count). The maximum Gasteiger partial charge on any atom is 0.418 e. The highest BCUT2D eigenvalue weighted by molar-refractivity contribution is 5.80. The average Bonchev–Trinajstić information content (AvgIpc) is 2.87. The minimum Gasteiger partial charge on any atom is -0.366 e. The highest BCUT2D eigenvalue weighted by Crippen LogP contribution is 2.33. The van der Waals surface area contributed by atoms with Crippen LogP contribution in [0.25, 0.3) is 11.2 Å². The van der Waals surface area contributed by atoms with Gasteiger partial charge in [-0.15, -0.1) is 0 Å². The monoisotopic (exact) mass is 528 g/mol. The zero-order valence-corrected chi connectivity index (χ0v) is 21.4. The summed E-state index contributed by atoms with van der Waals surface area (Å²) in [6, 6.07) is 2.18. The first-order valence-corrected chi connectivity index (χ1v) is 12.5. The van der Waals surface area contributed by atoms with Crippen LogP contribution in [-0.2, 0) is 12.7 Å². The van der Waals surface area contributed by atoms with E-state index in [0.29, 0.717) is 67.2 Å². The summed E-state index contributed by atoms with van der Waals surface area (Å²) in [6.45, 7) is 6.88. The van der Waals surface area contributed by atoms with Crippen LogP contribution >= 0.6 is 0 Å². The van der Waals surface area contributed by atoms with E-state index in [4.69, 9.17) is 0 Å². The van der Waals surface area contributed by atoms with Crippen LogP contribution in [0, 0.1) is 13.8 Å². The van der Waals surface area contributed by atoms with E-state index < -0.39 is 23.8 Å². The fourth-order valence-electron chi connectivity index (χ4n) is 5.32. The van der Waals surface area contributed by atoms with Gasteiger partial charge in [0.15, 0.2) is 5.65 Å². The second-order valence-electron chi connectivity index (χ2n) is 9.70. The van der Waals surface area contributed by atoms with Gasteiger partial charge in [0.05, 0.1) is 29.2 Å². The molecule has 0 N–H and O–H groups in total. The van der Waals surface area contributed by atoms with Crippen LogP contribution in [0.3, 0.4) is 0 Å². The number of hydrogen-bond acceptors (Lipinski definition) is 6. The van der Waals surface area contributed by atoms with Crippen LogP contribution in [0.1, 0.15) is 42.3 Å². The van der Waals surface area contributed by atoms with Gasteiger partial charge in [-0.2, -0.15) is 13.2 Å². The van der Waals surface area contributed by atoms with Gasteiger partial charge < -0.3 is 9.80 Å².